The van der Waals surface area contributed by atoms with Crippen LogP contribution in [-0.4, -0.2) is 9.36 Å². The predicted octanol–water partition coefficient (Wildman–Crippen LogP) is 3.83. The number of hydrogen-bond donors (Lipinski definition) is 1. The van der Waals surface area contributed by atoms with Crippen LogP contribution in [0.15, 0.2) is 48.5 Å². The molecule has 0 bridgehead atoms. The van der Waals surface area contributed by atoms with Crippen LogP contribution in [0.2, 0.25) is 0 Å². The summed E-state index contributed by atoms with van der Waals surface area (Å²) in [5.74, 6) is 0.243. The highest BCUT2D eigenvalue weighted by molar-refractivity contribution is 7.09. The zero-order valence-corrected chi connectivity index (χ0v) is 12.3. The Balaban J connectivity index is 1.70. The molecule has 4 nitrogen and oxygen atoms in total. The molecule has 0 fully saturated rings. The molecule has 3 aromatic rings. The summed E-state index contributed by atoms with van der Waals surface area (Å²) in [5.41, 5.74) is 1.73. The highest BCUT2D eigenvalue weighted by atomic mass is 32.1. The molecule has 0 aliphatic carbocycles. The van der Waals surface area contributed by atoms with Gasteiger partial charge in [0.05, 0.1) is 11.6 Å². The molecule has 6 heteroatoms. The molecule has 0 atom stereocenters. The molecule has 1 heterocycles. The lowest BCUT2D eigenvalue weighted by molar-refractivity contribution is 0.612. The molecular formula is C16H11FN4S. The van der Waals surface area contributed by atoms with E-state index in [2.05, 4.69) is 14.7 Å². The quantitative estimate of drug-likeness (QED) is 0.795. The SMILES string of the molecule is N#Cc1ccc(CNc2nc(-c3ccccc3)ns2)c(F)c1. The first-order valence-corrected chi connectivity index (χ1v) is 7.35. The van der Waals surface area contributed by atoms with Crippen molar-refractivity contribution in [2.45, 2.75) is 6.54 Å². The summed E-state index contributed by atoms with van der Waals surface area (Å²) in [5, 5.41) is 12.4. The van der Waals surface area contributed by atoms with Crippen LogP contribution in [0.1, 0.15) is 11.1 Å². The summed E-state index contributed by atoms with van der Waals surface area (Å²) >= 11 is 1.23. The third-order valence-electron chi connectivity index (χ3n) is 3.07. The summed E-state index contributed by atoms with van der Waals surface area (Å²) in [7, 11) is 0. The van der Waals surface area contributed by atoms with E-state index in [1.807, 2.05) is 36.4 Å². The average Bonchev–Trinajstić information content (AvgIpc) is 3.03. The second kappa shape index (κ2) is 6.33. The van der Waals surface area contributed by atoms with Crippen LogP contribution >= 0.6 is 11.5 Å². The fourth-order valence-electron chi connectivity index (χ4n) is 1.93. The van der Waals surface area contributed by atoms with E-state index in [0.717, 1.165) is 5.56 Å². The smallest absolute Gasteiger partial charge is 0.203 e. The summed E-state index contributed by atoms with van der Waals surface area (Å²) in [4.78, 5) is 4.38. The number of halogens is 1. The molecule has 1 N–H and O–H groups in total. The Morgan fingerprint density at radius 2 is 2.00 bits per heavy atom. The van der Waals surface area contributed by atoms with Gasteiger partial charge in [0.25, 0.3) is 0 Å². The normalized spacial score (nSPS) is 10.2. The van der Waals surface area contributed by atoms with E-state index in [0.29, 0.717) is 28.6 Å². The van der Waals surface area contributed by atoms with Gasteiger partial charge < -0.3 is 5.32 Å². The van der Waals surface area contributed by atoms with Gasteiger partial charge in [0.15, 0.2) is 5.82 Å². The lowest BCUT2D eigenvalue weighted by atomic mass is 10.1. The van der Waals surface area contributed by atoms with Crippen molar-refractivity contribution < 1.29 is 4.39 Å². The van der Waals surface area contributed by atoms with Gasteiger partial charge in [-0.2, -0.15) is 14.6 Å². The number of anilines is 1. The first-order valence-electron chi connectivity index (χ1n) is 6.58. The van der Waals surface area contributed by atoms with Crippen LogP contribution in [0.3, 0.4) is 0 Å². The molecule has 0 spiro atoms. The number of benzene rings is 2. The third kappa shape index (κ3) is 3.10. The monoisotopic (exact) mass is 310 g/mol. The molecule has 108 valence electrons. The van der Waals surface area contributed by atoms with Gasteiger partial charge in [0.2, 0.25) is 5.13 Å². The van der Waals surface area contributed by atoms with Crippen molar-refractivity contribution in [2.75, 3.05) is 5.32 Å². The third-order valence-corrected chi connectivity index (χ3v) is 3.74. The maximum atomic E-state index is 13.8. The van der Waals surface area contributed by atoms with Crippen LogP contribution in [0, 0.1) is 17.1 Å². The molecule has 0 saturated carbocycles. The Morgan fingerprint density at radius 3 is 2.73 bits per heavy atom. The maximum absolute atomic E-state index is 13.8. The molecule has 0 radical (unpaired) electrons. The highest BCUT2D eigenvalue weighted by Crippen LogP contribution is 2.21. The van der Waals surface area contributed by atoms with E-state index in [1.54, 1.807) is 12.1 Å². The van der Waals surface area contributed by atoms with Crippen LogP contribution in [0.25, 0.3) is 11.4 Å². The van der Waals surface area contributed by atoms with E-state index in [1.165, 1.54) is 17.6 Å². The van der Waals surface area contributed by atoms with Crippen molar-refractivity contribution in [3.8, 4) is 17.5 Å². The highest BCUT2D eigenvalue weighted by Gasteiger charge is 2.08. The molecule has 0 saturated heterocycles. The van der Waals surface area contributed by atoms with E-state index in [9.17, 15) is 4.39 Å². The first kappa shape index (κ1) is 14.2. The van der Waals surface area contributed by atoms with Gasteiger partial charge in [0.1, 0.15) is 5.82 Å². The molecule has 22 heavy (non-hydrogen) atoms. The van der Waals surface area contributed by atoms with Gasteiger partial charge in [-0.15, -0.1) is 0 Å². The van der Waals surface area contributed by atoms with Gasteiger partial charge in [-0.3, -0.25) is 0 Å². The van der Waals surface area contributed by atoms with Gasteiger partial charge in [-0.1, -0.05) is 36.4 Å². The van der Waals surface area contributed by atoms with Crippen LogP contribution in [0.4, 0.5) is 9.52 Å². The van der Waals surface area contributed by atoms with Crippen molar-refractivity contribution in [1.29, 1.82) is 5.26 Å². The van der Waals surface area contributed by atoms with Gasteiger partial charge in [0, 0.05) is 29.2 Å². The average molecular weight is 310 g/mol. The molecule has 0 amide bonds. The number of aromatic nitrogens is 2. The fourth-order valence-corrected chi connectivity index (χ4v) is 2.51. The second-order valence-corrected chi connectivity index (χ2v) is 5.31. The minimum atomic E-state index is -0.403. The number of nitrogens with zero attached hydrogens (tertiary/aromatic N) is 3. The fraction of sp³-hybridized carbons (Fsp3) is 0.0625. The summed E-state index contributed by atoms with van der Waals surface area (Å²) in [6.45, 7) is 0.293. The first-order chi connectivity index (χ1) is 10.8. The zero-order valence-electron chi connectivity index (χ0n) is 11.5. The Morgan fingerprint density at radius 1 is 1.18 bits per heavy atom. The van der Waals surface area contributed by atoms with Crippen LogP contribution < -0.4 is 5.32 Å². The van der Waals surface area contributed by atoms with Gasteiger partial charge in [-0.05, 0) is 12.1 Å². The summed E-state index contributed by atoms with van der Waals surface area (Å²) < 4.78 is 18.1. The van der Waals surface area contributed by atoms with Gasteiger partial charge in [-0.25, -0.2) is 4.39 Å². The lowest BCUT2D eigenvalue weighted by Crippen LogP contribution is -2.01. The number of hydrogen-bond acceptors (Lipinski definition) is 5. The van der Waals surface area contributed by atoms with Crippen molar-refractivity contribution in [2.24, 2.45) is 0 Å². The molecule has 3 rings (SSSR count). The summed E-state index contributed by atoms with van der Waals surface area (Å²) in [6.07, 6.45) is 0. The molecular weight excluding hydrogens is 299 g/mol. The minimum absolute atomic E-state index is 0.293. The van der Waals surface area contributed by atoms with Crippen LogP contribution in [-0.2, 0) is 6.54 Å². The topological polar surface area (TPSA) is 61.6 Å². The van der Waals surface area contributed by atoms with Crippen LogP contribution in [0.5, 0.6) is 0 Å². The largest absolute Gasteiger partial charge is 0.356 e. The van der Waals surface area contributed by atoms with Crippen molar-refractivity contribution in [3.63, 3.8) is 0 Å². The molecule has 0 unspecified atom stereocenters. The Bertz CT molecular complexity index is 824. The molecule has 2 aromatic carbocycles. The molecule has 1 aromatic heterocycles. The molecule has 0 aliphatic rings. The minimum Gasteiger partial charge on any atom is -0.356 e. The maximum Gasteiger partial charge on any atom is 0.203 e. The van der Waals surface area contributed by atoms with E-state index in [4.69, 9.17) is 5.26 Å². The second-order valence-electron chi connectivity index (χ2n) is 4.56. The zero-order chi connectivity index (χ0) is 15.4. The number of rotatable bonds is 4. The van der Waals surface area contributed by atoms with Crippen molar-refractivity contribution >= 4 is 16.7 Å². The van der Waals surface area contributed by atoms with E-state index >= 15 is 0 Å². The standard InChI is InChI=1S/C16H11FN4S/c17-14-8-11(9-18)6-7-13(14)10-19-16-20-15(21-22-16)12-4-2-1-3-5-12/h1-8H,10H2,(H,19,20,21). The van der Waals surface area contributed by atoms with E-state index < -0.39 is 5.82 Å². The number of nitriles is 1. The van der Waals surface area contributed by atoms with Crippen molar-refractivity contribution in [3.05, 3.63) is 65.5 Å². The Kier molecular flexibility index (Phi) is 4.08. The van der Waals surface area contributed by atoms with Crippen molar-refractivity contribution in [1.82, 2.24) is 9.36 Å². The lowest BCUT2D eigenvalue weighted by Gasteiger charge is -2.04. The molecule has 0 aliphatic heterocycles. The Hall–Kier alpha value is -2.78. The van der Waals surface area contributed by atoms with Gasteiger partial charge >= 0.3 is 0 Å². The number of nitrogens with one attached hydrogen (secondary N) is 1. The predicted molar refractivity (Wildman–Crippen MR) is 83.8 cm³/mol. The van der Waals surface area contributed by atoms with E-state index in [-0.39, 0.29) is 0 Å². The summed E-state index contributed by atoms with van der Waals surface area (Å²) in [6, 6.07) is 16.0. The Labute approximate surface area is 131 Å².